The first-order chi connectivity index (χ1) is 12.5. The Morgan fingerprint density at radius 3 is 2.31 bits per heavy atom. The zero-order valence-corrected chi connectivity index (χ0v) is 15.1. The van der Waals surface area contributed by atoms with E-state index >= 15 is 0 Å². The molecule has 8 nitrogen and oxygen atoms in total. The molecule has 1 aromatic carbocycles. The summed E-state index contributed by atoms with van der Waals surface area (Å²) < 4.78 is 20.2. The standard InChI is InChI=1S/C18H23NO7/c1-4-23-14-9-7-13(11-15(14)24-5-2)8-10-17(21)26-12-16(20)19-18(22)25-6-3/h7-11H,4-6,12H2,1-3H3,(H,19,20,22)/b10-8+. The van der Waals surface area contributed by atoms with Crippen molar-refractivity contribution in [1.29, 1.82) is 0 Å². The maximum Gasteiger partial charge on any atom is 0.413 e. The van der Waals surface area contributed by atoms with Crippen LogP contribution in [0, 0.1) is 0 Å². The fraction of sp³-hybridized carbons (Fsp3) is 0.389. The minimum absolute atomic E-state index is 0.132. The van der Waals surface area contributed by atoms with Crippen LogP contribution in [0.1, 0.15) is 26.3 Å². The van der Waals surface area contributed by atoms with Crippen molar-refractivity contribution < 1.29 is 33.3 Å². The molecule has 0 saturated heterocycles. The first-order valence-electron chi connectivity index (χ1n) is 8.21. The van der Waals surface area contributed by atoms with Gasteiger partial charge in [0.25, 0.3) is 5.91 Å². The van der Waals surface area contributed by atoms with E-state index in [1.54, 1.807) is 25.1 Å². The summed E-state index contributed by atoms with van der Waals surface area (Å²) >= 11 is 0. The second kappa shape index (κ2) is 11.5. The van der Waals surface area contributed by atoms with Gasteiger partial charge in [0.1, 0.15) is 0 Å². The first-order valence-corrected chi connectivity index (χ1v) is 8.21. The molecule has 0 atom stereocenters. The van der Waals surface area contributed by atoms with Crippen molar-refractivity contribution >= 4 is 24.0 Å². The highest BCUT2D eigenvalue weighted by atomic mass is 16.6. The second-order valence-corrected chi connectivity index (χ2v) is 4.78. The van der Waals surface area contributed by atoms with Gasteiger partial charge in [-0.2, -0.15) is 0 Å². The number of benzene rings is 1. The number of hydrogen-bond acceptors (Lipinski definition) is 7. The smallest absolute Gasteiger partial charge is 0.413 e. The largest absolute Gasteiger partial charge is 0.490 e. The van der Waals surface area contributed by atoms with E-state index < -0.39 is 24.6 Å². The Morgan fingerprint density at radius 1 is 0.962 bits per heavy atom. The Kier molecular flexibility index (Phi) is 9.30. The topological polar surface area (TPSA) is 100 Å². The predicted octanol–water partition coefficient (Wildman–Crippen LogP) is 2.31. The Balaban J connectivity index is 2.58. The van der Waals surface area contributed by atoms with Crippen molar-refractivity contribution in [3.05, 3.63) is 29.8 Å². The molecule has 1 N–H and O–H groups in total. The molecule has 0 aliphatic rings. The third-order valence-electron chi connectivity index (χ3n) is 2.84. The lowest BCUT2D eigenvalue weighted by atomic mass is 10.2. The number of esters is 1. The molecule has 0 aliphatic heterocycles. The second-order valence-electron chi connectivity index (χ2n) is 4.78. The van der Waals surface area contributed by atoms with Crippen LogP contribution in [0.15, 0.2) is 24.3 Å². The maximum absolute atomic E-state index is 11.7. The minimum atomic E-state index is -0.887. The summed E-state index contributed by atoms with van der Waals surface area (Å²) in [6, 6.07) is 5.22. The molecule has 0 heterocycles. The third-order valence-corrected chi connectivity index (χ3v) is 2.84. The molecule has 1 aromatic rings. The quantitative estimate of drug-likeness (QED) is 0.529. The number of imide groups is 1. The SMILES string of the molecule is CCOC(=O)NC(=O)COC(=O)/C=C/c1ccc(OCC)c(OCC)c1. The lowest BCUT2D eigenvalue weighted by molar-refractivity contribution is -0.143. The molecule has 0 bridgehead atoms. The Bertz CT molecular complexity index is 655. The van der Waals surface area contributed by atoms with Crippen LogP contribution in [0.5, 0.6) is 11.5 Å². The summed E-state index contributed by atoms with van der Waals surface area (Å²) in [5.74, 6) is -0.316. The van der Waals surface area contributed by atoms with Gasteiger partial charge < -0.3 is 18.9 Å². The van der Waals surface area contributed by atoms with Crippen molar-refractivity contribution in [3.63, 3.8) is 0 Å². The van der Waals surface area contributed by atoms with Gasteiger partial charge in [0.2, 0.25) is 0 Å². The zero-order valence-electron chi connectivity index (χ0n) is 15.1. The van der Waals surface area contributed by atoms with E-state index in [4.69, 9.17) is 14.2 Å². The van der Waals surface area contributed by atoms with Crippen LogP contribution < -0.4 is 14.8 Å². The van der Waals surface area contributed by atoms with Crippen molar-refractivity contribution in [2.24, 2.45) is 0 Å². The van der Waals surface area contributed by atoms with E-state index in [0.29, 0.717) is 30.3 Å². The molecular weight excluding hydrogens is 342 g/mol. The molecule has 0 unspecified atom stereocenters. The van der Waals surface area contributed by atoms with Crippen LogP contribution in [-0.4, -0.2) is 44.4 Å². The van der Waals surface area contributed by atoms with Gasteiger partial charge in [-0.05, 0) is 44.5 Å². The summed E-state index contributed by atoms with van der Waals surface area (Å²) in [6.07, 6.45) is 1.80. The van der Waals surface area contributed by atoms with Crippen LogP contribution >= 0.6 is 0 Å². The van der Waals surface area contributed by atoms with Crippen molar-refractivity contribution in [2.75, 3.05) is 26.4 Å². The van der Waals surface area contributed by atoms with E-state index in [1.807, 2.05) is 19.2 Å². The van der Waals surface area contributed by atoms with E-state index in [1.165, 1.54) is 12.2 Å². The molecule has 0 radical (unpaired) electrons. The van der Waals surface area contributed by atoms with Gasteiger partial charge in [-0.15, -0.1) is 0 Å². The number of amides is 2. The van der Waals surface area contributed by atoms with Gasteiger partial charge in [-0.1, -0.05) is 6.07 Å². The molecular formula is C18H23NO7. The third kappa shape index (κ3) is 7.69. The molecule has 0 aliphatic carbocycles. The number of hydrogen-bond donors (Lipinski definition) is 1. The molecule has 2 amide bonds. The normalized spacial score (nSPS) is 10.3. The van der Waals surface area contributed by atoms with Crippen molar-refractivity contribution in [2.45, 2.75) is 20.8 Å². The zero-order chi connectivity index (χ0) is 19.4. The van der Waals surface area contributed by atoms with Gasteiger partial charge in [0, 0.05) is 6.08 Å². The van der Waals surface area contributed by atoms with Gasteiger partial charge in [0.15, 0.2) is 18.1 Å². The first kappa shape index (κ1) is 21.0. The summed E-state index contributed by atoms with van der Waals surface area (Å²) in [6.45, 7) is 5.87. The number of carbonyl (C=O) groups is 3. The van der Waals surface area contributed by atoms with E-state index in [2.05, 4.69) is 4.74 Å². The number of nitrogens with one attached hydrogen (secondary N) is 1. The average molecular weight is 365 g/mol. The minimum Gasteiger partial charge on any atom is -0.490 e. The highest BCUT2D eigenvalue weighted by molar-refractivity contribution is 5.94. The fourth-order valence-corrected chi connectivity index (χ4v) is 1.84. The maximum atomic E-state index is 11.7. The van der Waals surface area contributed by atoms with Crippen molar-refractivity contribution in [3.8, 4) is 11.5 Å². The van der Waals surface area contributed by atoms with Gasteiger partial charge in [-0.3, -0.25) is 10.1 Å². The Hall–Kier alpha value is -3.03. The number of alkyl carbamates (subject to hydrolysis) is 1. The highest BCUT2D eigenvalue weighted by Crippen LogP contribution is 2.28. The molecule has 8 heteroatoms. The van der Waals surface area contributed by atoms with Crippen LogP contribution in [0.3, 0.4) is 0 Å². The summed E-state index contributed by atoms with van der Waals surface area (Å²) in [4.78, 5) is 34.1. The van der Waals surface area contributed by atoms with Crippen LogP contribution in [0.2, 0.25) is 0 Å². The molecule has 0 aromatic heterocycles. The Labute approximate surface area is 152 Å². The van der Waals surface area contributed by atoms with E-state index in [-0.39, 0.29) is 6.61 Å². The molecule has 0 spiro atoms. The van der Waals surface area contributed by atoms with Gasteiger partial charge in [0.05, 0.1) is 19.8 Å². The highest BCUT2D eigenvalue weighted by Gasteiger charge is 2.10. The lowest BCUT2D eigenvalue weighted by Gasteiger charge is -2.11. The van der Waals surface area contributed by atoms with Crippen molar-refractivity contribution in [1.82, 2.24) is 5.32 Å². The number of ether oxygens (including phenoxy) is 4. The van der Waals surface area contributed by atoms with Crippen LogP contribution in [0.25, 0.3) is 6.08 Å². The lowest BCUT2D eigenvalue weighted by Crippen LogP contribution is -2.34. The molecule has 142 valence electrons. The summed E-state index contributed by atoms with van der Waals surface area (Å²) in [5.41, 5.74) is 0.699. The fourth-order valence-electron chi connectivity index (χ4n) is 1.84. The van der Waals surface area contributed by atoms with Crippen LogP contribution in [0.4, 0.5) is 4.79 Å². The molecule has 26 heavy (non-hydrogen) atoms. The van der Waals surface area contributed by atoms with Gasteiger partial charge in [-0.25, -0.2) is 9.59 Å². The summed E-state index contributed by atoms with van der Waals surface area (Å²) in [7, 11) is 0. The average Bonchev–Trinajstić information content (AvgIpc) is 2.60. The van der Waals surface area contributed by atoms with Gasteiger partial charge >= 0.3 is 12.1 Å². The Morgan fingerprint density at radius 2 is 1.65 bits per heavy atom. The molecule has 0 fully saturated rings. The number of rotatable bonds is 9. The molecule has 1 rings (SSSR count). The molecule has 0 saturated carbocycles. The number of carbonyl (C=O) groups excluding carboxylic acids is 3. The van der Waals surface area contributed by atoms with Crippen LogP contribution in [-0.2, 0) is 19.1 Å². The summed E-state index contributed by atoms with van der Waals surface area (Å²) in [5, 5.41) is 1.92. The monoisotopic (exact) mass is 365 g/mol. The predicted molar refractivity (Wildman–Crippen MR) is 93.9 cm³/mol. The van der Waals surface area contributed by atoms with E-state index in [9.17, 15) is 14.4 Å². The van der Waals surface area contributed by atoms with E-state index in [0.717, 1.165) is 0 Å².